The van der Waals surface area contributed by atoms with Crippen LogP contribution in [-0.2, 0) is 0 Å². The normalized spacial score (nSPS) is 26.8. The third-order valence-electron chi connectivity index (χ3n) is 3.72. The van der Waals surface area contributed by atoms with Gasteiger partial charge in [-0.1, -0.05) is 32.6 Å². The summed E-state index contributed by atoms with van der Waals surface area (Å²) in [5.41, 5.74) is 0. The van der Waals surface area contributed by atoms with Gasteiger partial charge in [0.2, 0.25) is 0 Å². The molecule has 2 heteroatoms. The van der Waals surface area contributed by atoms with Gasteiger partial charge in [-0.2, -0.15) is 0 Å². The van der Waals surface area contributed by atoms with Gasteiger partial charge in [-0.3, -0.25) is 0 Å². The maximum Gasteiger partial charge on any atom is 0.0219 e. The monoisotopic (exact) mass is 212 g/mol. The first-order chi connectivity index (χ1) is 7.24. The van der Waals surface area contributed by atoms with Gasteiger partial charge in [0.25, 0.3) is 0 Å². The Bertz CT molecular complexity index is 159. The van der Waals surface area contributed by atoms with Gasteiger partial charge in [0.15, 0.2) is 0 Å². The molecular formula is C13H28N2. The number of rotatable bonds is 2. The molecule has 15 heavy (non-hydrogen) atoms. The van der Waals surface area contributed by atoms with Crippen molar-refractivity contribution in [2.24, 2.45) is 0 Å². The summed E-state index contributed by atoms with van der Waals surface area (Å²) < 4.78 is 0. The van der Waals surface area contributed by atoms with Crippen LogP contribution in [0.2, 0.25) is 0 Å². The molecule has 0 aliphatic carbocycles. The van der Waals surface area contributed by atoms with Crippen molar-refractivity contribution in [3.05, 3.63) is 0 Å². The van der Waals surface area contributed by atoms with Gasteiger partial charge in [-0.05, 0) is 40.0 Å². The minimum Gasteiger partial charge on any atom is -0.305 e. The number of likely N-dealkylation sites (N-methyl/N-ethyl adjacent to an activating group) is 2. The molecule has 1 aliphatic rings. The molecule has 0 amide bonds. The fourth-order valence-corrected chi connectivity index (χ4v) is 2.45. The quantitative estimate of drug-likeness (QED) is 0.694. The Balaban J connectivity index is 2.42. The van der Waals surface area contributed by atoms with Crippen molar-refractivity contribution in [2.75, 3.05) is 33.7 Å². The van der Waals surface area contributed by atoms with Crippen molar-refractivity contribution >= 4 is 0 Å². The standard InChI is InChI=1S/C13H28N2/c1-4-15(3)13-10-8-6-5-7-9-11-14(2)12-13/h13H,4-12H2,1-3H3. The predicted molar refractivity (Wildman–Crippen MR) is 67.3 cm³/mol. The second-order valence-electron chi connectivity index (χ2n) is 5.05. The maximum atomic E-state index is 2.52. The van der Waals surface area contributed by atoms with Crippen molar-refractivity contribution in [3.63, 3.8) is 0 Å². The highest BCUT2D eigenvalue weighted by Gasteiger charge is 2.16. The molecule has 0 radical (unpaired) electrons. The molecule has 2 nitrogen and oxygen atoms in total. The topological polar surface area (TPSA) is 6.48 Å². The molecule has 0 aromatic rings. The van der Waals surface area contributed by atoms with Crippen LogP contribution in [0.15, 0.2) is 0 Å². The average molecular weight is 212 g/mol. The molecule has 0 aromatic heterocycles. The van der Waals surface area contributed by atoms with E-state index in [1.165, 1.54) is 58.2 Å². The van der Waals surface area contributed by atoms with E-state index in [0.717, 1.165) is 6.04 Å². The number of nitrogens with zero attached hydrogens (tertiary/aromatic N) is 2. The number of hydrogen-bond acceptors (Lipinski definition) is 2. The van der Waals surface area contributed by atoms with E-state index in [-0.39, 0.29) is 0 Å². The molecule has 1 saturated heterocycles. The third kappa shape index (κ3) is 4.98. The first-order valence-electron chi connectivity index (χ1n) is 6.62. The molecule has 0 saturated carbocycles. The maximum absolute atomic E-state index is 2.52. The van der Waals surface area contributed by atoms with Crippen LogP contribution in [0, 0.1) is 0 Å². The van der Waals surface area contributed by atoms with Gasteiger partial charge in [0, 0.05) is 12.6 Å². The minimum atomic E-state index is 0.776. The van der Waals surface area contributed by atoms with E-state index < -0.39 is 0 Å². The van der Waals surface area contributed by atoms with E-state index in [4.69, 9.17) is 0 Å². The number of hydrogen-bond donors (Lipinski definition) is 0. The average Bonchev–Trinajstić information content (AvgIpc) is 2.25. The van der Waals surface area contributed by atoms with Gasteiger partial charge < -0.3 is 9.80 Å². The largest absolute Gasteiger partial charge is 0.305 e. The highest BCUT2D eigenvalue weighted by Crippen LogP contribution is 2.14. The molecule has 1 heterocycles. The van der Waals surface area contributed by atoms with E-state index in [9.17, 15) is 0 Å². The summed E-state index contributed by atoms with van der Waals surface area (Å²) in [5, 5.41) is 0. The van der Waals surface area contributed by atoms with Crippen LogP contribution in [0.3, 0.4) is 0 Å². The van der Waals surface area contributed by atoms with Crippen LogP contribution >= 0.6 is 0 Å². The molecule has 0 N–H and O–H groups in total. The van der Waals surface area contributed by atoms with Gasteiger partial charge in [-0.25, -0.2) is 0 Å². The summed E-state index contributed by atoms with van der Waals surface area (Å²) in [6.45, 7) is 5.98. The van der Waals surface area contributed by atoms with Crippen molar-refractivity contribution in [1.29, 1.82) is 0 Å². The molecule has 0 bridgehead atoms. The van der Waals surface area contributed by atoms with Crippen LogP contribution in [-0.4, -0.2) is 49.6 Å². The summed E-state index contributed by atoms with van der Waals surface area (Å²) in [7, 11) is 4.54. The third-order valence-corrected chi connectivity index (χ3v) is 3.72. The highest BCUT2D eigenvalue weighted by atomic mass is 15.2. The minimum absolute atomic E-state index is 0.776. The van der Waals surface area contributed by atoms with Crippen molar-refractivity contribution in [3.8, 4) is 0 Å². The van der Waals surface area contributed by atoms with Crippen LogP contribution < -0.4 is 0 Å². The van der Waals surface area contributed by atoms with E-state index in [1.54, 1.807) is 0 Å². The molecule has 1 atom stereocenters. The predicted octanol–water partition coefficient (Wildman–Crippen LogP) is 2.59. The van der Waals surface area contributed by atoms with Gasteiger partial charge in [0.05, 0.1) is 0 Å². The zero-order chi connectivity index (χ0) is 11.1. The van der Waals surface area contributed by atoms with E-state index in [1.807, 2.05) is 0 Å². The van der Waals surface area contributed by atoms with Crippen LogP contribution in [0.4, 0.5) is 0 Å². The Morgan fingerprint density at radius 1 is 1.13 bits per heavy atom. The van der Waals surface area contributed by atoms with Gasteiger partial charge >= 0.3 is 0 Å². The lowest BCUT2D eigenvalue weighted by molar-refractivity contribution is 0.169. The van der Waals surface area contributed by atoms with Gasteiger partial charge in [0.1, 0.15) is 0 Å². The second kappa shape index (κ2) is 7.24. The molecule has 1 rings (SSSR count). The Hall–Kier alpha value is -0.0800. The Kier molecular flexibility index (Phi) is 6.26. The fourth-order valence-electron chi connectivity index (χ4n) is 2.45. The van der Waals surface area contributed by atoms with Gasteiger partial charge in [-0.15, -0.1) is 0 Å². The Morgan fingerprint density at radius 2 is 1.80 bits per heavy atom. The lowest BCUT2D eigenvalue weighted by atomic mass is 10.0. The summed E-state index contributed by atoms with van der Waals surface area (Å²) >= 11 is 0. The summed E-state index contributed by atoms with van der Waals surface area (Å²) in [6.07, 6.45) is 8.50. The van der Waals surface area contributed by atoms with Crippen molar-refractivity contribution in [2.45, 2.75) is 51.5 Å². The smallest absolute Gasteiger partial charge is 0.0219 e. The SMILES string of the molecule is CCN(C)C1CCCCCCCN(C)C1. The molecular weight excluding hydrogens is 184 g/mol. The van der Waals surface area contributed by atoms with E-state index >= 15 is 0 Å². The lowest BCUT2D eigenvalue weighted by Crippen LogP contribution is -2.41. The first-order valence-corrected chi connectivity index (χ1v) is 6.62. The van der Waals surface area contributed by atoms with Crippen LogP contribution in [0.1, 0.15) is 45.4 Å². The molecule has 1 unspecified atom stereocenters. The van der Waals surface area contributed by atoms with Crippen LogP contribution in [0.25, 0.3) is 0 Å². The molecule has 1 fully saturated rings. The van der Waals surface area contributed by atoms with Crippen molar-refractivity contribution < 1.29 is 0 Å². The summed E-state index contributed by atoms with van der Waals surface area (Å²) in [5.74, 6) is 0. The van der Waals surface area contributed by atoms with E-state index in [2.05, 4.69) is 30.8 Å². The summed E-state index contributed by atoms with van der Waals surface area (Å²) in [6, 6.07) is 0.776. The Morgan fingerprint density at radius 3 is 2.53 bits per heavy atom. The molecule has 1 aliphatic heterocycles. The highest BCUT2D eigenvalue weighted by molar-refractivity contribution is 4.73. The lowest BCUT2D eigenvalue weighted by Gasteiger charge is -2.31. The second-order valence-corrected chi connectivity index (χ2v) is 5.05. The molecule has 0 spiro atoms. The first kappa shape index (κ1) is 13.0. The van der Waals surface area contributed by atoms with Crippen LogP contribution in [0.5, 0.6) is 0 Å². The van der Waals surface area contributed by atoms with Crippen molar-refractivity contribution in [1.82, 2.24) is 9.80 Å². The Labute approximate surface area is 95.6 Å². The zero-order valence-electron chi connectivity index (χ0n) is 10.8. The molecule has 90 valence electrons. The summed E-state index contributed by atoms with van der Waals surface area (Å²) in [4.78, 5) is 5.03. The van der Waals surface area contributed by atoms with E-state index in [0.29, 0.717) is 0 Å². The fraction of sp³-hybridized carbons (Fsp3) is 1.00. The zero-order valence-corrected chi connectivity index (χ0v) is 10.8. The molecule has 0 aromatic carbocycles.